The van der Waals surface area contributed by atoms with E-state index >= 15 is 0 Å². The van der Waals surface area contributed by atoms with Crippen LogP contribution >= 0.6 is 0 Å². The van der Waals surface area contributed by atoms with E-state index in [-0.39, 0.29) is 23.6 Å². The summed E-state index contributed by atoms with van der Waals surface area (Å²) in [4.78, 5) is 38.5. The molecule has 0 atom stereocenters. The van der Waals surface area contributed by atoms with Gasteiger partial charge in [0.15, 0.2) is 5.75 Å². The summed E-state index contributed by atoms with van der Waals surface area (Å²) < 4.78 is 11.5. The number of aromatic nitrogens is 1. The quantitative estimate of drug-likeness (QED) is 0.715. The van der Waals surface area contributed by atoms with Crippen LogP contribution in [0, 0.1) is 0 Å². The largest absolute Gasteiger partial charge is 0.491 e. The summed E-state index contributed by atoms with van der Waals surface area (Å²) in [7, 11) is 2.75. The predicted molar refractivity (Wildman–Crippen MR) is 108 cm³/mol. The second kappa shape index (κ2) is 9.38. The fourth-order valence-electron chi connectivity index (χ4n) is 3.36. The third kappa shape index (κ3) is 5.23. The van der Waals surface area contributed by atoms with Gasteiger partial charge in [0.25, 0.3) is 0 Å². The highest BCUT2D eigenvalue weighted by Crippen LogP contribution is 2.15. The van der Waals surface area contributed by atoms with Crippen LogP contribution in [0.25, 0.3) is 0 Å². The Bertz CT molecular complexity index is 930. The van der Waals surface area contributed by atoms with Crippen molar-refractivity contribution in [1.82, 2.24) is 9.47 Å². The van der Waals surface area contributed by atoms with E-state index in [0.717, 1.165) is 31.6 Å². The molecule has 1 fully saturated rings. The van der Waals surface area contributed by atoms with E-state index in [1.807, 2.05) is 0 Å². The van der Waals surface area contributed by atoms with Gasteiger partial charge in [-0.15, -0.1) is 0 Å². The lowest BCUT2D eigenvalue weighted by Gasteiger charge is -2.20. The lowest BCUT2D eigenvalue weighted by molar-refractivity contribution is -0.116. The Hall–Kier alpha value is -3.13. The highest BCUT2D eigenvalue weighted by Gasteiger charge is 2.16. The molecule has 3 rings (SSSR count). The normalized spacial score (nSPS) is 13.9. The molecule has 1 amide bonds. The number of amides is 1. The highest BCUT2D eigenvalue weighted by atomic mass is 16.5. The Morgan fingerprint density at radius 2 is 1.79 bits per heavy atom. The van der Waals surface area contributed by atoms with E-state index in [9.17, 15) is 14.4 Å². The van der Waals surface area contributed by atoms with Crippen molar-refractivity contribution in [2.45, 2.75) is 25.9 Å². The van der Waals surface area contributed by atoms with Crippen molar-refractivity contribution in [1.29, 1.82) is 0 Å². The second-order valence-electron chi connectivity index (χ2n) is 6.93. The van der Waals surface area contributed by atoms with Gasteiger partial charge in [-0.2, -0.15) is 0 Å². The van der Waals surface area contributed by atoms with E-state index in [0.29, 0.717) is 17.8 Å². The van der Waals surface area contributed by atoms with Gasteiger partial charge in [0.2, 0.25) is 11.3 Å². The Balaban J connectivity index is 1.74. The molecule has 8 heteroatoms. The number of nitrogens with zero attached hydrogens (tertiary/aromatic N) is 2. The molecule has 0 unspecified atom stereocenters. The fraction of sp³-hybridized carbons (Fsp3) is 0.381. The summed E-state index contributed by atoms with van der Waals surface area (Å²) in [6, 6.07) is 7.99. The fourth-order valence-corrected chi connectivity index (χ4v) is 3.36. The molecule has 1 aromatic carbocycles. The van der Waals surface area contributed by atoms with Gasteiger partial charge >= 0.3 is 5.97 Å². The molecule has 0 spiro atoms. The van der Waals surface area contributed by atoms with E-state index in [1.54, 1.807) is 35.0 Å². The average molecular weight is 399 g/mol. The number of methoxy groups -OCH3 is 2. The lowest BCUT2D eigenvalue weighted by Crippen LogP contribution is -2.27. The summed E-state index contributed by atoms with van der Waals surface area (Å²) in [5, 5.41) is 2.80. The molecule has 0 bridgehead atoms. The standard InChI is InChI=1S/C21H25N3O5/c1-28-19-13-24(17(11-18(19)25)12-23-9-3-4-10-23)14-20(26)22-16-7-5-15(6-8-16)21(27)29-2/h5-8,11,13H,3-4,9-10,12,14H2,1-2H3,(H,22,26). The number of anilines is 1. The number of nitrogens with one attached hydrogen (secondary N) is 1. The smallest absolute Gasteiger partial charge is 0.337 e. The number of likely N-dealkylation sites (tertiary alicyclic amines) is 1. The molecule has 1 N–H and O–H groups in total. The van der Waals surface area contributed by atoms with Gasteiger partial charge < -0.3 is 19.4 Å². The third-order valence-corrected chi connectivity index (χ3v) is 4.89. The van der Waals surface area contributed by atoms with Crippen LogP contribution in [0.5, 0.6) is 5.75 Å². The third-order valence-electron chi connectivity index (χ3n) is 4.89. The Morgan fingerprint density at radius 3 is 2.41 bits per heavy atom. The molecule has 0 radical (unpaired) electrons. The monoisotopic (exact) mass is 399 g/mol. The summed E-state index contributed by atoms with van der Waals surface area (Å²) >= 11 is 0. The maximum atomic E-state index is 12.6. The van der Waals surface area contributed by atoms with Crippen LogP contribution in [0.4, 0.5) is 5.69 Å². The number of ether oxygens (including phenoxy) is 2. The molecule has 1 aliphatic rings. The minimum absolute atomic E-state index is 0.0402. The van der Waals surface area contributed by atoms with Gasteiger partial charge in [-0.3, -0.25) is 14.5 Å². The van der Waals surface area contributed by atoms with Crippen LogP contribution in [-0.2, 0) is 22.6 Å². The average Bonchev–Trinajstić information content (AvgIpc) is 3.23. The molecular weight excluding hydrogens is 374 g/mol. The maximum Gasteiger partial charge on any atom is 0.337 e. The van der Waals surface area contributed by atoms with Gasteiger partial charge in [0, 0.05) is 24.0 Å². The molecule has 8 nitrogen and oxygen atoms in total. The first-order valence-corrected chi connectivity index (χ1v) is 9.48. The van der Waals surface area contributed by atoms with E-state index < -0.39 is 5.97 Å². The first-order chi connectivity index (χ1) is 14.0. The Labute approximate surface area is 169 Å². The summed E-state index contributed by atoms with van der Waals surface area (Å²) in [6.07, 6.45) is 3.86. The molecular formula is C21H25N3O5. The van der Waals surface area contributed by atoms with E-state index in [4.69, 9.17) is 4.74 Å². The number of benzene rings is 1. The number of rotatable bonds is 7. The van der Waals surface area contributed by atoms with Crippen LogP contribution in [0.3, 0.4) is 0 Å². The minimum Gasteiger partial charge on any atom is -0.491 e. The van der Waals surface area contributed by atoms with E-state index in [2.05, 4.69) is 15.0 Å². The number of hydrogen-bond acceptors (Lipinski definition) is 6. The number of pyridine rings is 1. The van der Waals surface area contributed by atoms with Crippen LogP contribution in [0.1, 0.15) is 28.9 Å². The maximum absolute atomic E-state index is 12.6. The first kappa shape index (κ1) is 20.6. The number of carbonyl (C=O) groups is 2. The van der Waals surface area contributed by atoms with Gasteiger partial charge in [0.05, 0.1) is 26.0 Å². The molecule has 0 saturated carbocycles. The SMILES string of the molecule is COC(=O)c1ccc(NC(=O)Cn2cc(OC)c(=O)cc2CN2CCCC2)cc1. The van der Waals surface area contributed by atoms with E-state index in [1.165, 1.54) is 20.3 Å². The highest BCUT2D eigenvalue weighted by molar-refractivity contribution is 5.93. The number of carbonyl (C=O) groups excluding carboxylic acids is 2. The van der Waals surface area contributed by atoms with Gasteiger partial charge in [-0.05, 0) is 50.2 Å². The van der Waals surface area contributed by atoms with Crippen molar-refractivity contribution in [3.8, 4) is 5.75 Å². The molecule has 29 heavy (non-hydrogen) atoms. The van der Waals surface area contributed by atoms with Crippen molar-refractivity contribution in [2.24, 2.45) is 0 Å². The molecule has 1 saturated heterocycles. The first-order valence-electron chi connectivity index (χ1n) is 9.48. The summed E-state index contributed by atoms with van der Waals surface area (Å²) in [5.41, 5.74) is 1.55. The van der Waals surface area contributed by atoms with Crippen molar-refractivity contribution in [3.63, 3.8) is 0 Å². The Morgan fingerprint density at radius 1 is 1.10 bits per heavy atom. The molecule has 0 aliphatic carbocycles. The number of esters is 1. The van der Waals surface area contributed by atoms with Crippen LogP contribution < -0.4 is 15.5 Å². The van der Waals surface area contributed by atoms with Crippen molar-refractivity contribution in [3.05, 3.63) is 58.0 Å². The topological polar surface area (TPSA) is 89.9 Å². The van der Waals surface area contributed by atoms with Crippen molar-refractivity contribution < 1.29 is 19.1 Å². The van der Waals surface area contributed by atoms with Crippen LogP contribution in [-0.4, -0.2) is 48.7 Å². The van der Waals surface area contributed by atoms with Gasteiger partial charge in [-0.25, -0.2) is 4.79 Å². The lowest BCUT2D eigenvalue weighted by atomic mass is 10.2. The minimum atomic E-state index is -0.435. The zero-order valence-corrected chi connectivity index (χ0v) is 16.6. The number of hydrogen-bond donors (Lipinski definition) is 1. The molecule has 154 valence electrons. The summed E-state index contributed by atoms with van der Waals surface area (Å²) in [6.45, 7) is 2.62. The second-order valence-corrected chi connectivity index (χ2v) is 6.93. The van der Waals surface area contributed by atoms with Crippen molar-refractivity contribution >= 4 is 17.6 Å². The van der Waals surface area contributed by atoms with Gasteiger partial charge in [0.1, 0.15) is 6.54 Å². The molecule has 1 aromatic heterocycles. The Kier molecular flexibility index (Phi) is 6.66. The molecule has 1 aliphatic heterocycles. The predicted octanol–water partition coefficient (Wildman–Crippen LogP) is 1.88. The molecule has 2 aromatic rings. The zero-order chi connectivity index (χ0) is 20.8. The van der Waals surface area contributed by atoms with Crippen LogP contribution in [0.15, 0.2) is 41.3 Å². The summed E-state index contributed by atoms with van der Waals surface area (Å²) in [5.74, 6) is -0.482. The zero-order valence-electron chi connectivity index (χ0n) is 16.6. The van der Waals surface area contributed by atoms with Gasteiger partial charge in [-0.1, -0.05) is 0 Å². The van der Waals surface area contributed by atoms with Crippen molar-refractivity contribution in [2.75, 3.05) is 32.6 Å². The molecule has 2 heterocycles. The van der Waals surface area contributed by atoms with Crippen LogP contribution in [0.2, 0.25) is 0 Å².